The fourth-order valence-electron chi connectivity index (χ4n) is 3.79. The van der Waals surface area contributed by atoms with Gasteiger partial charge in [-0.2, -0.15) is 0 Å². The molecule has 37 heavy (non-hydrogen) atoms. The largest absolute Gasteiger partial charge is 0.486 e. The number of nitrogens with zero attached hydrogens (tertiary/aromatic N) is 2. The maximum Gasteiger partial charge on any atom is 0.244 e. The summed E-state index contributed by atoms with van der Waals surface area (Å²) < 4.78 is 38.4. The van der Waals surface area contributed by atoms with E-state index in [-0.39, 0.29) is 29.9 Å². The number of hydrogen-bond acceptors (Lipinski definition) is 6. The number of anilines is 1. The van der Waals surface area contributed by atoms with Crippen molar-refractivity contribution in [2.45, 2.75) is 52.7 Å². The van der Waals surface area contributed by atoms with Gasteiger partial charge in [0.15, 0.2) is 11.5 Å². The van der Waals surface area contributed by atoms with Crippen molar-refractivity contribution in [3.05, 3.63) is 53.1 Å². The summed E-state index contributed by atoms with van der Waals surface area (Å²) in [5, 5.41) is 3.39. The summed E-state index contributed by atoms with van der Waals surface area (Å²) in [4.78, 5) is 28.1. The Bertz CT molecular complexity index is 1220. The molecule has 0 saturated carbocycles. The number of benzene rings is 2. The fourth-order valence-corrected chi connectivity index (χ4v) is 5.05. The van der Waals surface area contributed by atoms with Crippen molar-refractivity contribution in [3.63, 3.8) is 0 Å². The third kappa shape index (κ3) is 7.29. The molecule has 0 radical (unpaired) electrons. The van der Waals surface area contributed by atoms with Crippen LogP contribution in [0.1, 0.15) is 39.7 Å². The van der Waals surface area contributed by atoms with E-state index in [4.69, 9.17) is 21.1 Å². The molecule has 0 fully saturated rings. The van der Waals surface area contributed by atoms with E-state index in [0.717, 1.165) is 10.7 Å². The molecule has 11 heteroatoms. The van der Waals surface area contributed by atoms with Crippen LogP contribution in [0.2, 0.25) is 5.02 Å². The molecule has 0 saturated heterocycles. The second-order valence-electron chi connectivity index (χ2n) is 8.88. The number of hydrogen-bond donors (Lipinski definition) is 1. The highest BCUT2D eigenvalue weighted by Crippen LogP contribution is 2.35. The van der Waals surface area contributed by atoms with Crippen molar-refractivity contribution in [3.8, 4) is 11.5 Å². The summed E-state index contributed by atoms with van der Waals surface area (Å²) >= 11 is 6.15. The van der Waals surface area contributed by atoms with E-state index < -0.39 is 28.5 Å². The van der Waals surface area contributed by atoms with Crippen LogP contribution in [0, 0.1) is 0 Å². The van der Waals surface area contributed by atoms with Crippen LogP contribution in [0.15, 0.2) is 42.5 Å². The van der Waals surface area contributed by atoms with Gasteiger partial charge in [-0.3, -0.25) is 13.9 Å². The average Bonchev–Trinajstić information content (AvgIpc) is 2.89. The minimum absolute atomic E-state index is 0.0762. The number of rotatable bonds is 11. The van der Waals surface area contributed by atoms with Gasteiger partial charge in [0.1, 0.15) is 25.8 Å². The molecule has 2 atom stereocenters. The number of ether oxygens (including phenoxy) is 2. The highest BCUT2D eigenvalue weighted by molar-refractivity contribution is 7.92. The van der Waals surface area contributed by atoms with E-state index in [1.807, 2.05) is 13.8 Å². The summed E-state index contributed by atoms with van der Waals surface area (Å²) in [5.74, 6) is -0.155. The Kier molecular flexibility index (Phi) is 9.67. The summed E-state index contributed by atoms with van der Waals surface area (Å²) in [6, 6.07) is 10.8. The zero-order valence-corrected chi connectivity index (χ0v) is 23.1. The monoisotopic (exact) mass is 551 g/mol. The second kappa shape index (κ2) is 12.5. The molecule has 1 heterocycles. The number of nitrogens with one attached hydrogen (secondary N) is 1. The lowest BCUT2D eigenvalue weighted by molar-refractivity contribution is -0.139. The molecule has 0 aromatic heterocycles. The lowest BCUT2D eigenvalue weighted by atomic mass is 10.1. The molecule has 1 N–H and O–H groups in total. The molecule has 202 valence electrons. The van der Waals surface area contributed by atoms with Crippen molar-refractivity contribution in [2.75, 3.05) is 29.8 Å². The lowest BCUT2D eigenvalue weighted by Crippen LogP contribution is -2.52. The minimum atomic E-state index is -3.85. The molecule has 0 aliphatic carbocycles. The molecule has 0 spiro atoms. The van der Waals surface area contributed by atoms with Gasteiger partial charge < -0.3 is 19.7 Å². The number of carbonyl (C=O) groups excluding carboxylic acids is 2. The van der Waals surface area contributed by atoms with Crippen LogP contribution >= 0.6 is 11.6 Å². The van der Waals surface area contributed by atoms with Gasteiger partial charge in [-0.15, -0.1) is 0 Å². The van der Waals surface area contributed by atoms with Crippen LogP contribution in [0.25, 0.3) is 0 Å². The van der Waals surface area contributed by atoms with Crippen molar-refractivity contribution < 1.29 is 27.5 Å². The van der Waals surface area contributed by atoms with E-state index in [9.17, 15) is 18.0 Å². The van der Waals surface area contributed by atoms with E-state index in [0.29, 0.717) is 35.3 Å². The molecule has 2 amide bonds. The number of sulfonamides is 1. The zero-order chi connectivity index (χ0) is 27.2. The first kappa shape index (κ1) is 28.6. The molecule has 3 rings (SSSR count). The van der Waals surface area contributed by atoms with Gasteiger partial charge in [-0.25, -0.2) is 8.42 Å². The smallest absolute Gasteiger partial charge is 0.244 e. The maximum absolute atomic E-state index is 13.7. The lowest BCUT2D eigenvalue weighted by Gasteiger charge is -2.32. The first-order valence-electron chi connectivity index (χ1n) is 12.3. The van der Waals surface area contributed by atoms with Crippen LogP contribution in [0.4, 0.5) is 5.69 Å². The maximum atomic E-state index is 13.7. The molecule has 2 aromatic carbocycles. The highest BCUT2D eigenvalue weighted by Gasteiger charge is 2.32. The van der Waals surface area contributed by atoms with Crippen LogP contribution in [-0.4, -0.2) is 62.7 Å². The number of fused-ring (bicyclic) bond motifs is 1. The third-order valence-electron chi connectivity index (χ3n) is 6.20. The Morgan fingerprint density at radius 2 is 1.76 bits per heavy atom. The van der Waals surface area contributed by atoms with Crippen LogP contribution in [0.5, 0.6) is 11.5 Å². The first-order valence-corrected chi connectivity index (χ1v) is 14.3. The molecule has 1 aliphatic heterocycles. The van der Waals surface area contributed by atoms with E-state index in [1.165, 1.54) is 11.8 Å². The molecule has 1 aliphatic rings. The van der Waals surface area contributed by atoms with Gasteiger partial charge >= 0.3 is 0 Å². The second-order valence-corrected chi connectivity index (χ2v) is 11.5. The normalized spacial score (nSPS) is 14.4. The summed E-state index contributed by atoms with van der Waals surface area (Å²) in [5.41, 5.74) is 0.993. The van der Waals surface area contributed by atoms with Crippen molar-refractivity contribution in [1.29, 1.82) is 0 Å². The number of halogens is 1. The third-order valence-corrected chi connectivity index (χ3v) is 8.18. The van der Waals surface area contributed by atoms with Gasteiger partial charge in [-0.1, -0.05) is 30.7 Å². The predicted molar refractivity (Wildman–Crippen MR) is 144 cm³/mol. The molecular formula is C26H34ClN3O6S. The van der Waals surface area contributed by atoms with Gasteiger partial charge in [-0.05, 0) is 57.0 Å². The van der Waals surface area contributed by atoms with Gasteiger partial charge in [0.05, 0.1) is 11.4 Å². The average molecular weight is 552 g/mol. The van der Waals surface area contributed by atoms with E-state index in [2.05, 4.69) is 5.32 Å². The standard InChI is InChI=1S/C26H34ClN3O6S/c1-5-18(3)28-26(32)19(4)29(16-20-8-7-9-21(27)14-20)25(31)17-30(37(33,34)6-2)22-10-11-23-24(15-22)36-13-12-35-23/h7-11,14-15,18-19H,5-6,12-13,16-17H2,1-4H3,(H,28,32)/t18-,19-/m1/s1. The van der Waals surface area contributed by atoms with Crippen molar-refractivity contribution in [1.82, 2.24) is 10.2 Å². The van der Waals surface area contributed by atoms with Crippen LogP contribution in [0.3, 0.4) is 0 Å². The summed E-state index contributed by atoms with van der Waals surface area (Å²) in [6.07, 6.45) is 0.729. The quantitative estimate of drug-likeness (QED) is 0.457. The van der Waals surface area contributed by atoms with E-state index in [1.54, 1.807) is 49.4 Å². The van der Waals surface area contributed by atoms with Crippen molar-refractivity contribution in [2.24, 2.45) is 0 Å². The van der Waals surface area contributed by atoms with E-state index >= 15 is 0 Å². The Morgan fingerprint density at radius 1 is 1.05 bits per heavy atom. The summed E-state index contributed by atoms with van der Waals surface area (Å²) in [7, 11) is -3.85. The Morgan fingerprint density at radius 3 is 2.41 bits per heavy atom. The SMILES string of the molecule is CC[C@@H](C)NC(=O)[C@@H](C)N(Cc1cccc(Cl)c1)C(=O)CN(c1ccc2c(c1)OCCO2)S(=O)(=O)CC. The Balaban J connectivity index is 1.94. The highest BCUT2D eigenvalue weighted by atomic mass is 35.5. The topological polar surface area (TPSA) is 105 Å². The number of carbonyl (C=O) groups is 2. The zero-order valence-electron chi connectivity index (χ0n) is 21.6. The minimum Gasteiger partial charge on any atom is -0.486 e. The van der Waals surface area contributed by atoms with Gasteiger partial charge in [0, 0.05) is 23.7 Å². The van der Waals surface area contributed by atoms with Gasteiger partial charge in [0.2, 0.25) is 21.8 Å². The molecule has 0 unspecified atom stereocenters. The number of amides is 2. The molecule has 0 bridgehead atoms. The molecular weight excluding hydrogens is 518 g/mol. The van der Waals surface area contributed by atoms with Crippen molar-refractivity contribution >= 4 is 39.1 Å². The van der Waals surface area contributed by atoms with Gasteiger partial charge in [0.25, 0.3) is 0 Å². The first-order chi connectivity index (χ1) is 17.6. The molecule has 9 nitrogen and oxygen atoms in total. The predicted octanol–water partition coefficient (Wildman–Crippen LogP) is 3.60. The summed E-state index contributed by atoms with van der Waals surface area (Å²) in [6.45, 7) is 7.30. The molecule has 2 aromatic rings. The van der Waals surface area contributed by atoms with Crippen LogP contribution in [-0.2, 0) is 26.2 Å². The van der Waals surface area contributed by atoms with Crippen LogP contribution < -0.4 is 19.1 Å². The Labute approximate surface area is 223 Å². The Hall–Kier alpha value is -2.98. The fraction of sp³-hybridized carbons (Fsp3) is 0.462.